The number of benzene rings is 1. The predicted octanol–water partition coefficient (Wildman–Crippen LogP) is 2.59. The van der Waals surface area contributed by atoms with Crippen LogP contribution in [0.1, 0.15) is 48.7 Å². The van der Waals surface area contributed by atoms with Gasteiger partial charge < -0.3 is 9.64 Å². The van der Waals surface area contributed by atoms with E-state index in [1.54, 1.807) is 4.90 Å². The molecule has 160 valence electrons. The quantitative estimate of drug-likeness (QED) is 0.654. The van der Waals surface area contributed by atoms with E-state index in [4.69, 9.17) is 4.74 Å². The number of aryl methyl sites for hydroxylation is 2. The minimum atomic E-state index is -0.557. The predicted molar refractivity (Wildman–Crippen MR) is 113 cm³/mol. The van der Waals surface area contributed by atoms with Gasteiger partial charge in [0.1, 0.15) is 5.69 Å². The molecule has 7 heteroatoms. The topological polar surface area (TPSA) is 81.5 Å². The van der Waals surface area contributed by atoms with E-state index in [1.165, 1.54) is 24.7 Å². The molecule has 1 aliphatic rings. The Hall–Kier alpha value is -2.96. The number of piperidine rings is 1. The van der Waals surface area contributed by atoms with E-state index in [9.17, 15) is 14.4 Å². The number of amides is 1. The minimum Gasteiger partial charge on any atom is -0.466 e. The fourth-order valence-corrected chi connectivity index (χ4v) is 4.03. The lowest BCUT2D eigenvalue weighted by atomic mass is 9.74. The summed E-state index contributed by atoms with van der Waals surface area (Å²) >= 11 is 0. The van der Waals surface area contributed by atoms with E-state index >= 15 is 0 Å². The first kappa shape index (κ1) is 21.7. The van der Waals surface area contributed by atoms with Crippen LogP contribution in [0.25, 0.3) is 0 Å². The molecular formula is C23H29N3O4. The molecule has 0 aliphatic carbocycles. The Morgan fingerprint density at radius 2 is 1.80 bits per heavy atom. The number of ether oxygens (including phenoxy) is 1. The van der Waals surface area contributed by atoms with Crippen LogP contribution >= 0.6 is 0 Å². The summed E-state index contributed by atoms with van der Waals surface area (Å²) < 4.78 is 6.56. The number of rotatable bonds is 7. The fourth-order valence-electron chi connectivity index (χ4n) is 4.03. The summed E-state index contributed by atoms with van der Waals surface area (Å²) in [6.45, 7) is 3.10. The van der Waals surface area contributed by atoms with Gasteiger partial charge in [-0.25, -0.2) is 4.68 Å². The number of hydrogen-bond acceptors (Lipinski definition) is 5. The second-order valence-corrected chi connectivity index (χ2v) is 7.81. The Labute approximate surface area is 176 Å². The molecule has 0 unspecified atom stereocenters. The lowest BCUT2D eigenvalue weighted by molar-refractivity contribution is -0.159. The van der Waals surface area contributed by atoms with E-state index in [2.05, 4.69) is 17.2 Å². The summed E-state index contributed by atoms with van der Waals surface area (Å²) in [5.74, 6) is -0.377. The number of carbonyl (C=O) groups excluding carboxylic acids is 2. The number of nitrogens with zero attached hydrogens (tertiary/aromatic N) is 3. The zero-order chi connectivity index (χ0) is 21.6. The van der Waals surface area contributed by atoms with Crippen LogP contribution in [0.2, 0.25) is 0 Å². The highest BCUT2D eigenvalue weighted by atomic mass is 16.5. The van der Waals surface area contributed by atoms with Gasteiger partial charge in [0.25, 0.3) is 11.5 Å². The summed E-state index contributed by atoms with van der Waals surface area (Å²) in [7, 11) is 1.52. The van der Waals surface area contributed by atoms with Crippen LogP contribution in [0.3, 0.4) is 0 Å². The minimum absolute atomic E-state index is 0.162. The monoisotopic (exact) mass is 411 g/mol. The highest BCUT2D eigenvalue weighted by Crippen LogP contribution is 2.38. The van der Waals surface area contributed by atoms with Crippen molar-refractivity contribution in [3.63, 3.8) is 0 Å². The molecule has 30 heavy (non-hydrogen) atoms. The van der Waals surface area contributed by atoms with Crippen molar-refractivity contribution in [2.45, 2.75) is 39.0 Å². The lowest BCUT2D eigenvalue weighted by Gasteiger charge is -2.40. The third kappa shape index (κ3) is 4.96. The van der Waals surface area contributed by atoms with Crippen LogP contribution in [-0.2, 0) is 23.0 Å². The first-order chi connectivity index (χ1) is 14.4. The van der Waals surface area contributed by atoms with Crippen molar-refractivity contribution in [3.05, 3.63) is 64.1 Å². The second kappa shape index (κ2) is 9.69. The van der Waals surface area contributed by atoms with E-state index < -0.39 is 5.41 Å². The van der Waals surface area contributed by atoms with Crippen molar-refractivity contribution in [3.8, 4) is 0 Å². The Morgan fingerprint density at radius 1 is 1.10 bits per heavy atom. The summed E-state index contributed by atoms with van der Waals surface area (Å²) in [5, 5.41) is 4.05. The van der Waals surface area contributed by atoms with Gasteiger partial charge in [0.2, 0.25) is 0 Å². The zero-order valence-electron chi connectivity index (χ0n) is 17.7. The molecule has 0 saturated carbocycles. The van der Waals surface area contributed by atoms with Crippen LogP contribution in [0.5, 0.6) is 0 Å². The Morgan fingerprint density at radius 3 is 2.43 bits per heavy atom. The van der Waals surface area contributed by atoms with Crippen molar-refractivity contribution in [2.24, 2.45) is 12.5 Å². The smallest absolute Gasteiger partial charge is 0.312 e. The van der Waals surface area contributed by atoms with E-state index in [0.29, 0.717) is 32.5 Å². The highest BCUT2D eigenvalue weighted by Gasteiger charge is 2.43. The van der Waals surface area contributed by atoms with Gasteiger partial charge in [-0.05, 0) is 50.7 Å². The average molecular weight is 412 g/mol. The average Bonchev–Trinajstić information content (AvgIpc) is 2.76. The van der Waals surface area contributed by atoms with Crippen molar-refractivity contribution < 1.29 is 14.3 Å². The number of carbonyl (C=O) groups is 2. The lowest BCUT2D eigenvalue weighted by Crippen LogP contribution is -2.47. The third-order valence-electron chi connectivity index (χ3n) is 5.86. The van der Waals surface area contributed by atoms with Gasteiger partial charge in [-0.15, -0.1) is 0 Å². The molecule has 1 saturated heterocycles. The number of likely N-dealkylation sites (tertiary alicyclic amines) is 1. The largest absolute Gasteiger partial charge is 0.466 e. The molecular weight excluding hydrogens is 382 g/mol. The molecule has 1 aromatic carbocycles. The summed E-state index contributed by atoms with van der Waals surface area (Å²) in [6, 6.07) is 13.0. The summed E-state index contributed by atoms with van der Waals surface area (Å²) in [5.41, 5.74) is 0.679. The van der Waals surface area contributed by atoms with Gasteiger partial charge >= 0.3 is 5.97 Å². The maximum absolute atomic E-state index is 12.8. The van der Waals surface area contributed by atoms with Crippen LogP contribution in [0.15, 0.2) is 47.3 Å². The molecule has 0 bridgehead atoms. The molecule has 2 aromatic rings. The van der Waals surface area contributed by atoms with Crippen LogP contribution < -0.4 is 5.56 Å². The van der Waals surface area contributed by atoms with Crippen LogP contribution in [0, 0.1) is 5.41 Å². The van der Waals surface area contributed by atoms with Gasteiger partial charge in [0.05, 0.1) is 12.0 Å². The summed E-state index contributed by atoms with van der Waals surface area (Å²) in [4.78, 5) is 38.8. The molecule has 0 spiro atoms. The van der Waals surface area contributed by atoms with Gasteiger partial charge in [0, 0.05) is 26.2 Å². The maximum atomic E-state index is 12.8. The molecule has 1 aliphatic heterocycles. The van der Waals surface area contributed by atoms with E-state index in [0.717, 1.165) is 23.9 Å². The Kier molecular flexibility index (Phi) is 7.03. The van der Waals surface area contributed by atoms with E-state index in [-0.39, 0.29) is 23.1 Å². The van der Waals surface area contributed by atoms with Crippen molar-refractivity contribution in [1.29, 1.82) is 0 Å². The number of aromatic nitrogens is 2. The van der Waals surface area contributed by atoms with Gasteiger partial charge in [-0.1, -0.05) is 30.3 Å². The first-order valence-corrected chi connectivity index (χ1v) is 10.5. The fraction of sp³-hybridized carbons (Fsp3) is 0.478. The number of hydrogen-bond donors (Lipinski definition) is 0. The Bertz CT molecular complexity index is 931. The molecule has 2 heterocycles. The van der Waals surface area contributed by atoms with Crippen LogP contribution in [-0.4, -0.2) is 46.3 Å². The second-order valence-electron chi connectivity index (χ2n) is 7.81. The van der Waals surface area contributed by atoms with Gasteiger partial charge in [-0.3, -0.25) is 14.4 Å². The number of esters is 1. The zero-order valence-corrected chi connectivity index (χ0v) is 17.7. The molecule has 3 rings (SSSR count). The van der Waals surface area contributed by atoms with E-state index in [1.807, 2.05) is 25.1 Å². The normalized spacial score (nSPS) is 15.6. The molecule has 0 N–H and O–H groups in total. The standard InChI is InChI=1S/C23H29N3O4/c1-3-30-22(29)23(13-7-10-18-8-5-4-6-9-18)14-16-26(17-15-23)21(28)19-11-12-20(27)25(2)24-19/h4-6,8-9,11-12H,3,7,10,13-17H2,1-2H3. The highest BCUT2D eigenvalue weighted by molar-refractivity contribution is 5.92. The maximum Gasteiger partial charge on any atom is 0.312 e. The van der Waals surface area contributed by atoms with Crippen molar-refractivity contribution >= 4 is 11.9 Å². The SMILES string of the molecule is CCOC(=O)C1(CCCc2ccccc2)CCN(C(=O)c2ccc(=O)n(C)n2)CC1. The van der Waals surface area contributed by atoms with Crippen LogP contribution in [0.4, 0.5) is 0 Å². The summed E-state index contributed by atoms with van der Waals surface area (Å²) in [6.07, 6.45) is 3.67. The molecule has 1 amide bonds. The van der Waals surface area contributed by atoms with Gasteiger partial charge in [-0.2, -0.15) is 5.10 Å². The third-order valence-corrected chi connectivity index (χ3v) is 5.86. The molecule has 1 fully saturated rings. The molecule has 0 atom stereocenters. The molecule has 0 radical (unpaired) electrons. The Balaban J connectivity index is 1.66. The van der Waals surface area contributed by atoms with Gasteiger partial charge in [0.15, 0.2) is 0 Å². The molecule has 7 nitrogen and oxygen atoms in total. The van der Waals surface area contributed by atoms with Crippen molar-refractivity contribution in [2.75, 3.05) is 19.7 Å². The first-order valence-electron chi connectivity index (χ1n) is 10.5. The molecule has 1 aromatic heterocycles. The van der Waals surface area contributed by atoms with Crippen molar-refractivity contribution in [1.82, 2.24) is 14.7 Å².